The number of carbonyl (C=O) groups is 1. The Balaban J connectivity index is 2.25. The van der Waals surface area contributed by atoms with Crippen molar-refractivity contribution in [2.45, 2.75) is 17.1 Å². The van der Waals surface area contributed by atoms with E-state index in [1.54, 1.807) is 23.9 Å². The van der Waals surface area contributed by atoms with Gasteiger partial charge in [-0.25, -0.2) is 9.18 Å². The van der Waals surface area contributed by atoms with Crippen molar-refractivity contribution in [3.63, 3.8) is 0 Å². The van der Waals surface area contributed by atoms with Crippen molar-refractivity contribution in [2.24, 2.45) is 0 Å². The van der Waals surface area contributed by atoms with Gasteiger partial charge < -0.3 is 4.74 Å². The number of halogens is 1. The Bertz CT molecular complexity index is 742. The minimum Gasteiger partial charge on any atom is -0.465 e. The van der Waals surface area contributed by atoms with Gasteiger partial charge in [-0.15, -0.1) is 11.8 Å². The highest BCUT2D eigenvalue weighted by molar-refractivity contribution is 7.99. The van der Waals surface area contributed by atoms with Crippen LogP contribution in [0.5, 0.6) is 0 Å². The largest absolute Gasteiger partial charge is 0.465 e. The van der Waals surface area contributed by atoms with Gasteiger partial charge in [-0.2, -0.15) is 11.8 Å². The van der Waals surface area contributed by atoms with Gasteiger partial charge >= 0.3 is 5.97 Å². The van der Waals surface area contributed by atoms with Crippen LogP contribution in [0.3, 0.4) is 0 Å². The van der Waals surface area contributed by atoms with Crippen molar-refractivity contribution in [1.29, 1.82) is 0 Å². The number of thioether (sulfide) groups is 2. The lowest BCUT2D eigenvalue weighted by Crippen LogP contribution is -2.14. The molecule has 0 bridgehead atoms. The molecule has 1 heterocycles. The van der Waals surface area contributed by atoms with Gasteiger partial charge in [-0.1, -0.05) is 12.1 Å². The zero-order chi connectivity index (χ0) is 16.4. The van der Waals surface area contributed by atoms with Crippen molar-refractivity contribution in [1.82, 2.24) is 0 Å². The number of ether oxygens (including phenoxy) is 1. The molecule has 0 amide bonds. The van der Waals surface area contributed by atoms with Gasteiger partial charge in [0.1, 0.15) is 5.82 Å². The molecular weight excluding hydrogens is 331 g/mol. The van der Waals surface area contributed by atoms with Crippen LogP contribution in [0.4, 0.5) is 4.39 Å². The molecule has 0 spiro atoms. The Kier molecular flexibility index (Phi) is 4.97. The van der Waals surface area contributed by atoms with Crippen LogP contribution >= 0.6 is 23.5 Å². The molecule has 0 aromatic heterocycles. The summed E-state index contributed by atoms with van der Waals surface area (Å²) in [6, 6.07) is 8.59. The van der Waals surface area contributed by atoms with E-state index in [1.807, 2.05) is 24.1 Å². The molecule has 1 aliphatic rings. The first-order valence-electron chi connectivity index (χ1n) is 7.30. The second kappa shape index (κ2) is 6.97. The van der Waals surface area contributed by atoms with E-state index in [-0.39, 0.29) is 11.8 Å². The van der Waals surface area contributed by atoms with E-state index in [4.69, 9.17) is 4.74 Å². The van der Waals surface area contributed by atoms with Gasteiger partial charge in [0.25, 0.3) is 0 Å². The predicted molar refractivity (Wildman–Crippen MR) is 94.8 cm³/mol. The first-order chi connectivity index (χ1) is 11.2. The number of benzene rings is 2. The summed E-state index contributed by atoms with van der Waals surface area (Å²) in [6.45, 7) is 0. The summed E-state index contributed by atoms with van der Waals surface area (Å²) in [5.74, 6) is 1.34. The highest BCUT2D eigenvalue weighted by Gasteiger charge is 2.25. The number of rotatable bonds is 3. The lowest BCUT2D eigenvalue weighted by molar-refractivity contribution is 0.0595. The Hall–Kier alpha value is -1.46. The van der Waals surface area contributed by atoms with E-state index in [0.29, 0.717) is 5.56 Å². The standard InChI is InChI=1S/C18H17FO2S2/c1-21-18(20)17-13-7-8-23-10-15(13)14(9-16(17)22-2)11-3-5-12(19)6-4-11/h3-6,9H,7-8,10H2,1-2H3. The fraction of sp³-hybridized carbons (Fsp3) is 0.278. The highest BCUT2D eigenvalue weighted by Crippen LogP contribution is 2.40. The van der Waals surface area contributed by atoms with Crippen molar-refractivity contribution in [3.8, 4) is 11.1 Å². The Morgan fingerprint density at radius 2 is 2.00 bits per heavy atom. The lowest BCUT2D eigenvalue weighted by Gasteiger charge is -2.24. The molecule has 120 valence electrons. The van der Waals surface area contributed by atoms with Crippen LogP contribution < -0.4 is 0 Å². The van der Waals surface area contributed by atoms with Gasteiger partial charge in [0, 0.05) is 10.6 Å². The molecule has 0 radical (unpaired) electrons. The molecule has 0 fully saturated rings. The van der Waals surface area contributed by atoms with Gasteiger partial charge in [-0.05, 0) is 58.9 Å². The van der Waals surface area contributed by atoms with E-state index in [0.717, 1.165) is 39.5 Å². The van der Waals surface area contributed by atoms with Crippen LogP contribution in [0.25, 0.3) is 11.1 Å². The zero-order valence-corrected chi connectivity index (χ0v) is 14.7. The molecule has 3 rings (SSSR count). The second-order valence-corrected chi connectivity index (χ2v) is 7.21. The summed E-state index contributed by atoms with van der Waals surface area (Å²) >= 11 is 3.40. The van der Waals surface area contributed by atoms with Crippen LogP contribution in [0, 0.1) is 5.82 Å². The SMILES string of the molecule is COC(=O)c1c(SC)cc(-c2ccc(F)cc2)c2c1CCSC2. The number of esters is 1. The second-order valence-electron chi connectivity index (χ2n) is 5.26. The van der Waals surface area contributed by atoms with E-state index in [1.165, 1.54) is 24.8 Å². The van der Waals surface area contributed by atoms with E-state index < -0.39 is 0 Å². The average Bonchev–Trinajstić information content (AvgIpc) is 2.60. The molecule has 0 saturated heterocycles. The van der Waals surface area contributed by atoms with Crippen LogP contribution in [-0.4, -0.2) is 25.1 Å². The Morgan fingerprint density at radius 1 is 1.26 bits per heavy atom. The number of methoxy groups -OCH3 is 1. The van der Waals surface area contributed by atoms with Crippen LogP contribution in [-0.2, 0) is 16.9 Å². The summed E-state index contributed by atoms with van der Waals surface area (Å²) < 4.78 is 18.2. The van der Waals surface area contributed by atoms with Crippen molar-refractivity contribution < 1.29 is 13.9 Å². The van der Waals surface area contributed by atoms with Crippen molar-refractivity contribution >= 4 is 29.5 Å². The maximum absolute atomic E-state index is 13.2. The quantitative estimate of drug-likeness (QED) is 0.588. The molecule has 0 N–H and O–H groups in total. The van der Waals surface area contributed by atoms with Gasteiger partial charge in [-0.3, -0.25) is 0 Å². The van der Waals surface area contributed by atoms with Crippen molar-refractivity contribution in [3.05, 3.63) is 52.8 Å². The number of fused-ring (bicyclic) bond motifs is 1. The summed E-state index contributed by atoms with van der Waals surface area (Å²) in [5.41, 5.74) is 5.02. The summed E-state index contributed by atoms with van der Waals surface area (Å²) in [7, 11) is 1.42. The molecule has 2 aromatic rings. The summed E-state index contributed by atoms with van der Waals surface area (Å²) in [4.78, 5) is 13.2. The minimum absolute atomic E-state index is 0.242. The minimum atomic E-state index is -0.275. The van der Waals surface area contributed by atoms with Crippen molar-refractivity contribution in [2.75, 3.05) is 19.1 Å². The first-order valence-corrected chi connectivity index (χ1v) is 9.68. The number of carbonyl (C=O) groups excluding carboxylic acids is 1. The van der Waals surface area contributed by atoms with Crippen LogP contribution in [0.1, 0.15) is 21.5 Å². The highest BCUT2D eigenvalue weighted by atomic mass is 32.2. The monoisotopic (exact) mass is 348 g/mol. The third-order valence-electron chi connectivity index (χ3n) is 4.02. The maximum atomic E-state index is 13.2. The van der Waals surface area contributed by atoms with Gasteiger partial charge in [0.05, 0.1) is 12.7 Å². The summed E-state index contributed by atoms with van der Waals surface area (Å²) in [6.07, 6.45) is 2.81. The molecule has 5 heteroatoms. The van der Waals surface area contributed by atoms with Crippen LogP contribution in [0.15, 0.2) is 35.2 Å². The Morgan fingerprint density at radius 3 is 2.65 bits per heavy atom. The molecule has 2 nitrogen and oxygen atoms in total. The normalized spacial score (nSPS) is 13.5. The van der Waals surface area contributed by atoms with Crippen LogP contribution in [0.2, 0.25) is 0 Å². The first kappa shape index (κ1) is 16.4. The topological polar surface area (TPSA) is 26.3 Å². The number of hydrogen-bond donors (Lipinski definition) is 0. The molecule has 0 saturated carbocycles. The predicted octanol–water partition coefficient (Wildman–Crippen LogP) is 4.79. The van der Waals surface area contributed by atoms with Gasteiger partial charge in [0.2, 0.25) is 0 Å². The Labute approximate surface area is 143 Å². The van der Waals surface area contributed by atoms with E-state index >= 15 is 0 Å². The van der Waals surface area contributed by atoms with Gasteiger partial charge in [0.15, 0.2) is 0 Å². The zero-order valence-electron chi connectivity index (χ0n) is 13.0. The molecular formula is C18H17FO2S2. The fourth-order valence-corrected chi connectivity index (χ4v) is 4.59. The molecule has 1 aliphatic heterocycles. The molecule has 23 heavy (non-hydrogen) atoms. The average molecular weight is 348 g/mol. The lowest BCUT2D eigenvalue weighted by atomic mass is 9.91. The van der Waals surface area contributed by atoms with E-state index in [2.05, 4.69) is 0 Å². The molecule has 0 unspecified atom stereocenters. The number of hydrogen-bond acceptors (Lipinski definition) is 4. The molecule has 0 atom stereocenters. The molecule has 2 aromatic carbocycles. The van der Waals surface area contributed by atoms with E-state index in [9.17, 15) is 9.18 Å². The fourth-order valence-electron chi connectivity index (χ4n) is 2.92. The third kappa shape index (κ3) is 3.12. The maximum Gasteiger partial charge on any atom is 0.339 e. The molecule has 0 aliphatic carbocycles. The smallest absolute Gasteiger partial charge is 0.339 e. The summed E-state index contributed by atoms with van der Waals surface area (Å²) in [5, 5.41) is 0. The third-order valence-corrected chi connectivity index (χ3v) is 5.77.